The normalized spacial score (nSPS) is 11.0. The van der Waals surface area contributed by atoms with Crippen molar-refractivity contribution >= 4 is 11.3 Å². The highest BCUT2D eigenvalue weighted by molar-refractivity contribution is 7.15. The predicted molar refractivity (Wildman–Crippen MR) is 87.7 cm³/mol. The lowest BCUT2D eigenvalue weighted by Gasteiger charge is -1.99. The first-order valence-electron chi connectivity index (χ1n) is 7.20. The fraction of sp³-hybridized carbons (Fsp3) is 0.294. The van der Waals surface area contributed by atoms with Gasteiger partial charge in [-0.15, -0.1) is 11.3 Å². The first-order chi connectivity index (χ1) is 10.2. The third-order valence-electron chi connectivity index (χ3n) is 3.56. The summed E-state index contributed by atoms with van der Waals surface area (Å²) in [6, 6.07) is 8.51. The molecular formula is C17H19N3S. The lowest BCUT2D eigenvalue weighted by Crippen LogP contribution is -1.99. The van der Waals surface area contributed by atoms with Crippen LogP contribution >= 0.6 is 11.3 Å². The van der Waals surface area contributed by atoms with Crippen molar-refractivity contribution in [1.29, 1.82) is 0 Å². The molecule has 0 saturated carbocycles. The molecule has 0 bridgehead atoms. The Hall–Kier alpha value is -1.94. The van der Waals surface area contributed by atoms with Gasteiger partial charge in [-0.2, -0.15) is 5.10 Å². The van der Waals surface area contributed by atoms with Gasteiger partial charge in [-0.1, -0.05) is 30.7 Å². The van der Waals surface area contributed by atoms with Crippen LogP contribution in [0.25, 0.3) is 10.6 Å². The molecule has 3 aromatic rings. The zero-order valence-corrected chi connectivity index (χ0v) is 13.4. The Balaban J connectivity index is 1.87. The van der Waals surface area contributed by atoms with Gasteiger partial charge in [-0.25, -0.2) is 4.98 Å². The van der Waals surface area contributed by atoms with Crippen LogP contribution in [0.2, 0.25) is 0 Å². The van der Waals surface area contributed by atoms with E-state index in [0.717, 1.165) is 23.7 Å². The average Bonchev–Trinajstić information content (AvgIpc) is 3.07. The van der Waals surface area contributed by atoms with Crippen molar-refractivity contribution in [3.63, 3.8) is 0 Å². The number of hydrogen-bond donors (Lipinski definition) is 0. The first-order valence-corrected chi connectivity index (χ1v) is 8.02. The van der Waals surface area contributed by atoms with Gasteiger partial charge in [-0.05, 0) is 31.9 Å². The van der Waals surface area contributed by atoms with Gasteiger partial charge in [0.1, 0.15) is 5.01 Å². The fourth-order valence-electron chi connectivity index (χ4n) is 2.30. The van der Waals surface area contributed by atoms with Crippen LogP contribution in [0, 0.1) is 13.8 Å². The second kappa shape index (κ2) is 5.82. The summed E-state index contributed by atoms with van der Waals surface area (Å²) in [5, 5.41) is 5.51. The molecule has 1 aromatic carbocycles. The van der Waals surface area contributed by atoms with Crippen LogP contribution in [0.4, 0.5) is 0 Å². The molecule has 4 heteroatoms. The van der Waals surface area contributed by atoms with Gasteiger partial charge >= 0.3 is 0 Å². The maximum atomic E-state index is 4.72. The molecule has 0 fully saturated rings. The molecule has 21 heavy (non-hydrogen) atoms. The minimum atomic E-state index is 0.801. The summed E-state index contributed by atoms with van der Waals surface area (Å²) < 4.78 is 2.00. The molecule has 3 rings (SSSR count). The third-order valence-corrected chi connectivity index (χ3v) is 4.75. The number of hydrogen-bond acceptors (Lipinski definition) is 3. The van der Waals surface area contributed by atoms with E-state index in [9.17, 15) is 0 Å². The van der Waals surface area contributed by atoms with Crippen LogP contribution < -0.4 is 0 Å². The maximum Gasteiger partial charge on any atom is 0.123 e. The van der Waals surface area contributed by atoms with E-state index >= 15 is 0 Å². The van der Waals surface area contributed by atoms with Gasteiger partial charge in [0.05, 0.1) is 18.4 Å². The molecule has 0 saturated heterocycles. The summed E-state index contributed by atoms with van der Waals surface area (Å²) in [5.41, 5.74) is 4.84. The molecular weight excluding hydrogens is 278 g/mol. The van der Waals surface area contributed by atoms with Crippen molar-refractivity contribution in [1.82, 2.24) is 14.8 Å². The molecule has 0 atom stereocenters. The topological polar surface area (TPSA) is 30.7 Å². The molecule has 108 valence electrons. The quantitative estimate of drug-likeness (QED) is 0.721. The molecule has 2 aromatic heterocycles. The van der Waals surface area contributed by atoms with Gasteiger partial charge in [0.2, 0.25) is 0 Å². The molecule has 0 aliphatic heterocycles. The SMILES string of the molecule is CCc1cnn(Cc2sc(-c3cccc(C)c3)nc2C)c1. The van der Waals surface area contributed by atoms with Crippen LogP contribution in [0.15, 0.2) is 36.7 Å². The van der Waals surface area contributed by atoms with Crippen LogP contribution in [-0.2, 0) is 13.0 Å². The fourth-order valence-corrected chi connectivity index (χ4v) is 3.35. The standard InChI is InChI=1S/C17H19N3S/c1-4-14-9-18-20(10-14)11-16-13(3)19-17(21-16)15-7-5-6-12(2)8-15/h5-10H,4,11H2,1-3H3. The molecule has 0 aliphatic carbocycles. The Morgan fingerprint density at radius 1 is 1.24 bits per heavy atom. The van der Waals surface area contributed by atoms with Crippen LogP contribution in [0.1, 0.15) is 28.6 Å². The largest absolute Gasteiger partial charge is 0.267 e. The lowest BCUT2D eigenvalue weighted by atomic mass is 10.1. The van der Waals surface area contributed by atoms with Crippen molar-refractivity contribution in [2.24, 2.45) is 0 Å². The van der Waals surface area contributed by atoms with E-state index in [-0.39, 0.29) is 0 Å². The number of benzene rings is 1. The summed E-state index contributed by atoms with van der Waals surface area (Å²) >= 11 is 1.76. The van der Waals surface area contributed by atoms with Crippen molar-refractivity contribution < 1.29 is 0 Å². The highest BCUT2D eigenvalue weighted by Gasteiger charge is 2.10. The Kier molecular flexibility index (Phi) is 3.88. The molecule has 0 aliphatic rings. The monoisotopic (exact) mass is 297 g/mol. The summed E-state index contributed by atoms with van der Waals surface area (Å²) in [7, 11) is 0. The van der Waals surface area contributed by atoms with Gasteiger partial charge in [-0.3, -0.25) is 4.68 Å². The number of aromatic nitrogens is 3. The van der Waals surface area contributed by atoms with Gasteiger partial charge in [0.25, 0.3) is 0 Å². The van der Waals surface area contributed by atoms with Gasteiger partial charge < -0.3 is 0 Å². The molecule has 0 amide bonds. The molecule has 0 radical (unpaired) electrons. The van der Waals surface area contributed by atoms with Gasteiger partial charge in [0, 0.05) is 16.6 Å². The minimum Gasteiger partial charge on any atom is -0.267 e. The maximum absolute atomic E-state index is 4.72. The van der Waals surface area contributed by atoms with E-state index in [1.807, 2.05) is 10.9 Å². The van der Waals surface area contributed by atoms with Crippen LogP contribution in [0.3, 0.4) is 0 Å². The van der Waals surface area contributed by atoms with Crippen molar-refractivity contribution in [3.8, 4) is 10.6 Å². The van der Waals surface area contributed by atoms with Crippen LogP contribution in [-0.4, -0.2) is 14.8 Å². The summed E-state index contributed by atoms with van der Waals surface area (Å²) in [6.07, 6.45) is 5.08. The molecule has 0 N–H and O–H groups in total. The molecule has 0 unspecified atom stereocenters. The van der Waals surface area contributed by atoms with E-state index in [4.69, 9.17) is 4.98 Å². The highest BCUT2D eigenvalue weighted by atomic mass is 32.1. The molecule has 2 heterocycles. The van der Waals surface area contributed by atoms with E-state index < -0.39 is 0 Å². The Morgan fingerprint density at radius 3 is 2.81 bits per heavy atom. The van der Waals surface area contributed by atoms with E-state index in [1.54, 1.807) is 11.3 Å². The molecule has 3 nitrogen and oxygen atoms in total. The van der Waals surface area contributed by atoms with E-state index in [1.165, 1.54) is 21.6 Å². The third kappa shape index (κ3) is 3.05. The van der Waals surface area contributed by atoms with Crippen molar-refractivity contribution in [2.75, 3.05) is 0 Å². The average molecular weight is 297 g/mol. The number of aryl methyl sites for hydroxylation is 3. The van der Waals surface area contributed by atoms with Crippen molar-refractivity contribution in [3.05, 3.63) is 58.4 Å². The Morgan fingerprint density at radius 2 is 2.10 bits per heavy atom. The zero-order chi connectivity index (χ0) is 14.8. The number of rotatable bonds is 4. The van der Waals surface area contributed by atoms with E-state index in [2.05, 4.69) is 56.3 Å². The molecule has 0 spiro atoms. The Labute approximate surface area is 129 Å². The zero-order valence-electron chi connectivity index (χ0n) is 12.6. The van der Waals surface area contributed by atoms with Crippen molar-refractivity contribution in [2.45, 2.75) is 33.7 Å². The second-order valence-corrected chi connectivity index (χ2v) is 6.38. The predicted octanol–water partition coefficient (Wildman–Crippen LogP) is 4.23. The summed E-state index contributed by atoms with van der Waals surface area (Å²) in [4.78, 5) is 6.00. The van der Waals surface area contributed by atoms with Crippen LogP contribution in [0.5, 0.6) is 0 Å². The van der Waals surface area contributed by atoms with E-state index in [0.29, 0.717) is 0 Å². The Bertz CT molecular complexity index is 755. The van der Waals surface area contributed by atoms with Gasteiger partial charge in [0.15, 0.2) is 0 Å². The lowest BCUT2D eigenvalue weighted by molar-refractivity contribution is 0.690. The smallest absolute Gasteiger partial charge is 0.123 e. The summed E-state index contributed by atoms with van der Waals surface area (Å²) in [6.45, 7) is 7.14. The minimum absolute atomic E-state index is 0.801. The summed E-state index contributed by atoms with van der Waals surface area (Å²) in [5.74, 6) is 0. The highest BCUT2D eigenvalue weighted by Crippen LogP contribution is 2.28. The number of nitrogens with zero attached hydrogens (tertiary/aromatic N) is 3. The second-order valence-electron chi connectivity index (χ2n) is 5.30. The number of thiazole rings is 1. The first kappa shape index (κ1) is 14.0.